The summed E-state index contributed by atoms with van der Waals surface area (Å²) >= 11 is 3.59. The number of thiophene rings is 1. The number of ether oxygens (including phenoxy) is 1. The molecule has 0 spiro atoms. The molecule has 0 radical (unpaired) electrons. The summed E-state index contributed by atoms with van der Waals surface area (Å²) in [5, 5.41) is 17.9. The Morgan fingerprint density at radius 2 is 1.89 bits per heavy atom. The third-order valence-corrected chi connectivity index (χ3v) is 8.11. The van der Waals surface area contributed by atoms with Gasteiger partial charge in [-0.1, -0.05) is 42.1 Å². The minimum absolute atomic E-state index is 0.0653. The third-order valence-electron chi connectivity index (χ3n) is 6.13. The first-order valence-electron chi connectivity index (χ1n) is 11.5. The van der Waals surface area contributed by atoms with Crippen LogP contribution in [0.25, 0.3) is 0 Å². The Hall–Kier alpha value is -2.66. The van der Waals surface area contributed by atoms with E-state index in [1.54, 1.807) is 23.1 Å². The maximum Gasteiger partial charge on any atom is 0.414 e. The van der Waals surface area contributed by atoms with Crippen LogP contribution in [0.4, 0.5) is 0 Å². The van der Waals surface area contributed by atoms with Gasteiger partial charge in [0.2, 0.25) is 0 Å². The second-order valence-electron chi connectivity index (χ2n) is 8.60. The SMILES string of the molecule is CN1CCC(OC2c3ccccc3CCc3[nH]c(SCc4cccs4)nc32)CC1.O=C(O)C(=O)O. The van der Waals surface area contributed by atoms with Crippen molar-refractivity contribution in [2.45, 2.75) is 48.8 Å². The molecule has 5 rings (SSSR count). The lowest BCUT2D eigenvalue weighted by Crippen LogP contribution is -2.35. The topological polar surface area (TPSA) is 116 Å². The van der Waals surface area contributed by atoms with Crippen molar-refractivity contribution in [1.82, 2.24) is 14.9 Å². The highest BCUT2D eigenvalue weighted by Crippen LogP contribution is 2.37. The van der Waals surface area contributed by atoms with Crippen molar-refractivity contribution in [3.05, 3.63) is 69.2 Å². The number of H-pyrrole nitrogens is 1. The van der Waals surface area contributed by atoms with Crippen LogP contribution in [0.15, 0.2) is 46.9 Å². The number of fused-ring (bicyclic) bond motifs is 2. The van der Waals surface area contributed by atoms with Gasteiger partial charge in [0.1, 0.15) is 6.10 Å². The second-order valence-corrected chi connectivity index (χ2v) is 10.6. The van der Waals surface area contributed by atoms with Gasteiger partial charge >= 0.3 is 11.9 Å². The number of aliphatic carboxylic acids is 2. The number of piperidine rings is 1. The third kappa shape index (κ3) is 6.72. The van der Waals surface area contributed by atoms with Gasteiger partial charge < -0.3 is 24.8 Å². The summed E-state index contributed by atoms with van der Waals surface area (Å²) in [5.41, 5.74) is 5.03. The molecule has 8 nitrogen and oxygen atoms in total. The van der Waals surface area contributed by atoms with Gasteiger partial charge in [-0.05, 0) is 55.3 Å². The number of carboxylic acid groups (broad SMARTS) is 2. The number of aromatic nitrogens is 2. The van der Waals surface area contributed by atoms with Crippen LogP contribution in [0.2, 0.25) is 0 Å². The summed E-state index contributed by atoms with van der Waals surface area (Å²) in [6, 6.07) is 13.1. The molecule has 10 heteroatoms. The smallest absolute Gasteiger partial charge is 0.414 e. The minimum Gasteiger partial charge on any atom is -0.473 e. The number of nitrogens with zero attached hydrogens (tertiary/aromatic N) is 2. The summed E-state index contributed by atoms with van der Waals surface area (Å²) in [6.45, 7) is 2.21. The largest absolute Gasteiger partial charge is 0.473 e. The zero-order valence-corrected chi connectivity index (χ0v) is 21.1. The van der Waals surface area contributed by atoms with E-state index in [0.717, 1.165) is 55.4 Å². The molecule has 35 heavy (non-hydrogen) atoms. The van der Waals surface area contributed by atoms with Crippen molar-refractivity contribution in [2.24, 2.45) is 0 Å². The molecular weight excluding hydrogens is 486 g/mol. The Kier molecular flexibility index (Phi) is 8.61. The molecule has 2 aromatic heterocycles. The first-order valence-corrected chi connectivity index (χ1v) is 13.4. The van der Waals surface area contributed by atoms with Crippen LogP contribution >= 0.6 is 23.1 Å². The Balaban J connectivity index is 0.000000431. The lowest BCUT2D eigenvalue weighted by Gasteiger charge is -2.32. The molecule has 1 aromatic carbocycles. The highest BCUT2D eigenvalue weighted by Gasteiger charge is 2.31. The van der Waals surface area contributed by atoms with Crippen molar-refractivity contribution in [3.63, 3.8) is 0 Å². The number of aromatic amines is 1. The van der Waals surface area contributed by atoms with E-state index < -0.39 is 11.9 Å². The zero-order valence-electron chi connectivity index (χ0n) is 19.5. The van der Waals surface area contributed by atoms with Crippen LogP contribution in [-0.2, 0) is 32.9 Å². The van der Waals surface area contributed by atoms with Crippen LogP contribution in [0.5, 0.6) is 0 Å². The number of rotatable bonds is 5. The van der Waals surface area contributed by atoms with E-state index in [2.05, 4.69) is 58.7 Å². The predicted molar refractivity (Wildman–Crippen MR) is 135 cm³/mol. The van der Waals surface area contributed by atoms with Crippen LogP contribution in [-0.4, -0.2) is 63.3 Å². The van der Waals surface area contributed by atoms with Crippen molar-refractivity contribution in [2.75, 3.05) is 20.1 Å². The lowest BCUT2D eigenvalue weighted by atomic mass is 10.00. The van der Waals surface area contributed by atoms with Gasteiger partial charge in [0.25, 0.3) is 0 Å². The standard InChI is InChI=1S/C23H27N3OS2.C2H2O4/c1-26-12-10-17(11-13-26)27-22-19-7-3-2-5-16(19)8-9-20-21(22)25-23(24-20)29-15-18-6-4-14-28-18;3-1(4)2(5)6/h2-7,14,17,22H,8-13,15H2,1H3,(H,24,25);(H,3,4)(H,5,6). The molecule has 3 N–H and O–H groups in total. The van der Waals surface area contributed by atoms with E-state index in [0.29, 0.717) is 6.10 Å². The molecule has 186 valence electrons. The fourth-order valence-corrected chi connectivity index (χ4v) is 5.96. The highest BCUT2D eigenvalue weighted by molar-refractivity contribution is 7.98. The Morgan fingerprint density at radius 3 is 2.57 bits per heavy atom. The van der Waals surface area contributed by atoms with Gasteiger partial charge in [-0.15, -0.1) is 11.3 Å². The van der Waals surface area contributed by atoms with Crippen LogP contribution in [0, 0.1) is 0 Å². The van der Waals surface area contributed by atoms with Gasteiger partial charge in [-0.25, -0.2) is 14.6 Å². The maximum atomic E-state index is 9.10. The molecule has 1 aliphatic carbocycles. The molecule has 3 aromatic rings. The number of hydrogen-bond acceptors (Lipinski definition) is 7. The molecule has 0 saturated carbocycles. The first-order chi connectivity index (χ1) is 16.9. The van der Waals surface area contributed by atoms with Gasteiger partial charge in [0, 0.05) is 29.4 Å². The van der Waals surface area contributed by atoms with Crippen LogP contribution < -0.4 is 0 Å². The normalized spacial score (nSPS) is 18.0. The number of carboxylic acids is 2. The molecule has 1 unspecified atom stereocenters. The number of thioether (sulfide) groups is 1. The Morgan fingerprint density at radius 1 is 1.14 bits per heavy atom. The minimum atomic E-state index is -1.82. The maximum absolute atomic E-state index is 9.10. The average Bonchev–Trinajstić information content (AvgIpc) is 3.49. The molecule has 1 aliphatic heterocycles. The van der Waals surface area contributed by atoms with Crippen molar-refractivity contribution >= 4 is 35.0 Å². The van der Waals surface area contributed by atoms with E-state index in [1.807, 2.05) is 0 Å². The number of carbonyl (C=O) groups is 2. The Bertz CT molecular complexity index is 1130. The van der Waals surface area contributed by atoms with Crippen molar-refractivity contribution in [3.8, 4) is 0 Å². The lowest BCUT2D eigenvalue weighted by molar-refractivity contribution is -0.159. The second kappa shape index (κ2) is 11.9. The van der Waals surface area contributed by atoms with Gasteiger partial charge in [-0.3, -0.25) is 0 Å². The van der Waals surface area contributed by atoms with Crippen molar-refractivity contribution < 1.29 is 24.5 Å². The molecule has 3 heterocycles. The summed E-state index contributed by atoms with van der Waals surface area (Å²) in [7, 11) is 2.19. The molecule has 2 aliphatic rings. The van der Waals surface area contributed by atoms with Gasteiger partial charge in [0.15, 0.2) is 5.16 Å². The average molecular weight is 516 g/mol. The number of aryl methyl sites for hydroxylation is 2. The van der Waals surface area contributed by atoms with E-state index in [1.165, 1.54) is 21.7 Å². The van der Waals surface area contributed by atoms with Crippen LogP contribution in [0.1, 0.15) is 46.3 Å². The summed E-state index contributed by atoms with van der Waals surface area (Å²) < 4.78 is 6.76. The Labute approximate surface area is 212 Å². The zero-order chi connectivity index (χ0) is 24.8. The van der Waals surface area contributed by atoms with E-state index in [4.69, 9.17) is 29.5 Å². The number of likely N-dealkylation sites (tertiary alicyclic amines) is 1. The predicted octanol–water partition coefficient (Wildman–Crippen LogP) is 4.22. The number of hydrogen-bond donors (Lipinski definition) is 3. The summed E-state index contributed by atoms with van der Waals surface area (Å²) in [6.07, 6.45) is 4.45. The first kappa shape index (κ1) is 25.4. The fraction of sp³-hybridized carbons (Fsp3) is 0.400. The number of nitrogens with one attached hydrogen (secondary N) is 1. The summed E-state index contributed by atoms with van der Waals surface area (Å²) in [4.78, 5) is 30.6. The van der Waals surface area contributed by atoms with E-state index in [-0.39, 0.29) is 6.10 Å². The van der Waals surface area contributed by atoms with Crippen molar-refractivity contribution in [1.29, 1.82) is 0 Å². The molecule has 1 saturated heterocycles. The number of imidazole rings is 1. The molecular formula is C25H29N3O5S2. The van der Waals surface area contributed by atoms with Gasteiger partial charge in [0.05, 0.1) is 11.8 Å². The van der Waals surface area contributed by atoms with E-state index >= 15 is 0 Å². The quantitative estimate of drug-likeness (QED) is 0.342. The van der Waals surface area contributed by atoms with Crippen LogP contribution in [0.3, 0.4) is 0 Å². The van der Waals surface area contributed by atoms with Gasteiger partial charge in [-0.2, -0.15) is 0 Å². The molecule has 1 fully saturated rings. The van der Waals surface area contributed by atoms with E-state index in [9.17, 15) is 0 Å². The highest BCUT2D eigenvalue weighted by atomic mass is 32.2. The molecule has 0 bridgehead atoms. The summed E-state index contributed by atoms with van der Waals surface area (Å²) in [5.74, 6) is -2.69. The monoisotopic (exact) mass is 515 g/mol. The molecule has 0 amide bonds. The number of benzene rings is 1. The molecule has 1 atom stereocenters. The fourth-order valence-electron chi connectivity index (χ4n) is 4.28.